The lowest BCUT2D eigenvalue weighted by Crippen LogP contribution is -2.14. The molecule has 1 aromatic rings. The molecule has 1 heterocycles. The van der Waals surface area contributed by atoms with Gasteiger partial charge in [-0.15, -0.1) is 0 Å². The number of hydrogen-bond donors (Lipinski definition) is 2. The van der Waals surface area contributed by atoms with Gasteiger partial charge in [0.2, 0.25) is 5.43 Å². The third-order valence-electron chi connectivity index (χ3n) is 1.50. The second-order valence-corrected chi connectivity index (χ2v) is 2.40. The molecular formula is C6H5F2N3O3. The number of nitrogen functional groups attached to an aromatic ring is 1. The number of anilines is 1. The van der Waals surface area contributed by atoms with Crippen molar-refractivity contribution in [3.05, 3.63) is 32.1 Å². The molecule has 0 saturated carbocycles. The summed E-state index contributed by atoms with van der Waals surface area (Å²) in [5.41, 5.74) is 2.38. The molecule has 0 spiro atoms. The first kappa shape index (κ1) is 10.1. The molecule has 0 aliphatic carbocycles. The SMILES string of the molecule is Nc1c(C(F)F)[nH]c([N+](=O)[O-])cc1=O. The second kappa shape index (κ2) is 3.40. The van der Waals surface area contributed by atoms with E-state index in [0.29, 0.717) is 6.07 Å². The lowest BCUT2D eigenvalue weighted by atomic mass is 10.3. The van der Waals surface area contributed by atoms with Crippen molar-refractivity contribution >= 4 is 11.5 Å². The van der Waals surface area contributed by atoms with Crippen molar-refractivity contribution in [1.29, 1.82) is 0 Å². The maximum Gasteiger partial charge on any atom is 0.325 e. The summed E-state index contributed by atoms with van der Waals surface area (Å²) in [4.78, 5) is 21.9. The Bertz CT molecular complexity index is 429. The number of aromatic nitrogens is 1. The van der Waals surface area contributed by atoms with Crippen LogP contribution in [0.25, 0.3) is 0 Å². The first-order valence-electron chi connectivity index (χ1n) is 3.38. The Morgan fingerprint density at radius 2 is 2.14 bits per heavy atom. The van der Waals surface area contributed by atoms with Crippen LogP contribution in [0.5, 0.6) is 0 Å². The summed E-state index contributed by atoms with van der Waals surface area (Å²) in [5.74, 6) is -0.806. The monoisotopic (exact) mass is 205 g/mol. The molecule has 0 aromatic carbocycles. The number of aromatic amines is 1. The Kier molecular flexibility index (Phi) is 2.45. The van der Waals surface area contributed by atoms with Crippen molar-refractivity contribution in [1.82, 2.24) is 4.98 Å². The fraction of sp³-hybridized carbons (Fsp3) is 0.167. The minimum atomic E-state index is -3.05. The third-order valence-corrected chi connectivity index (χ3v) is 1.50. The van der Waals surface area contributed by atoms with Crippen molar-refractivity contribution in [2.24, 2.45) is 0 Å². The van der Waals surface area contributed by atoms with E-state index in [1.165, 1.54) is 0 Å². The van der Waals surface area contributed by atoms with Crippen molar-refractivity contribution < 1.29 is 13.7 Å². The van der Waals surface area contributed by atoms with E-state index < -0.39 is 34.0 Å². The van der Waals surface area contributed by atoms with Crippen LogP contribution in [0.4, 0.5) is 20.3 Å². The van der Waals surface area contributed by atoms with Gasteiger partial charge in [0.15, 0.2) is 5.69 Å². The van der Waals surface area contributed by atoms with Crippen LogP contribution in [0.2, 0.25) is 0 Å². The fourth-order valence-electron chi connectivity index (χ4n) is 0.847. The summed E-state index contributed by atoms with van der Waals surface area (Å²) < 4.78 is 24.4. The summed E-state index contributed by atoms with van der Waals surface area (Å²) >= 11 is 0. The van der Waals surface area contributed by atoms with E-state index in [1.54, 1.807) is 4.98 Å². The number of pyridine rings is 1. The van der Waals surface area contributed by atoms with E-state index in [4.69, 9.17) is 5.73 Å². The molecule has 1 aromatic heterocycles. The predicted molar refractivity (Wildman–Crippen MR) is 43.1 cm³/mol. The predicted octanol–water partition coefficient (Wildman–Crippen LogP) is 0.803. The average molecular weight is 205 g/mol. The van der Waals surface area contributed by atoms with Crippen LogP contribution in [0.15, 0.2) is 10.9 Å². The van der Waals surface area contributed by atoms with Gasteiger partial charge in [-0.05, 0) is 4.92 Å². The van der Waals surface area contributed by atoms with E-state index in [-0.39, 0.29) is 0 Å². The van der Waals surface area contributed by atoms with Gasteiger partial charge in [0.25, 0.3) is 0 Å². The number of hydrogen-bond acceptors (Lipinski definition) is 4. The molecule has 3 N–H and O–H groups in total. The van der Waals surface area contributed by atoms with Crippen LogP contribution < -0.4 is 11.2 Å². The van der Waals surface area contributed by atoms with Gasteiger partial charge in [-0.1, -0.05) is 0 Å². The quantitative estimate of drug-likeness (QED) is 0.550. The number of alkyl halides is 2. The van der Waals surface area contributed by atoms with Crippen LogP contribution in [0, 0.1) is 10.1 Å². The molecule has 0 fully saturated rings. The van der Waals surface area contributed by atoms with Crippen molar-refractivity contribution in [2.45, 2.75) is 6.43 Å². The van der Waals surface area contributed by atoms with Gasteiger partial charge in [-0.25, -0.2) is 13.8 Å². The third kappa shape index (κ3) is 1.68. The van der Waals surface area contributed by atoms with Gasteiger partial charge < -0.3 is 15.8 Å². The zero-order chi connectivity index (χ0) is 10.9. The Balaban J connectivity index is 3.43. The van der Waals surface area contributed by atoms with E-state index in [1.807, 2.05) is 0 Å². The van der Waals surface area contributed by atoms with E-state index >= 15 is 0 Å². The molecule has 14 heavy (non-hydrogen) atoms. The standard InChI is InChI=1S/C6H5F2N3O3/c7-6(8)5-4(9)2(12)1-3(10-5)11(13)14/h1,6H,9H2,(H,10,12). The van der Waals surface area contributed by atoms with Gasteiger partial charge in [0.1, 0.15) is 5.69 Å². The smallest absolute Gasteiger partial charge is 0.325 e. The molecule has 0 unspecified atom stereocenters. The highest BCUT2D eigenvalue weighted by Crippen LogP contribution is 2.21. The molecule has 0 radical (unpaired) electrons. The van der Waals surface area contributed by atoms with Crippen molar-refractivity contribution in [3.63, 3.8) is 0 Å². The lowest BCUT2D eigenvalue weighted by Gasteiger charge is -2.01. The summed E-state index contributed by atoms with van der Waals surface area (Å²) in [5, 5.41) is 10.2. The molecule has 76 valence electrons. The average Bonchev–Trinajstić information content (AvgIpc) is 2.08. The lowest BCUT2D eigenvalue weighted by molar-refractivity contribution is -0.389. The van der Waals surface area contributed by atoms with Crippen LogP contribution in [0.1, 0.15) is 12.1 Å². The molecule has 1 rings (SSSR count). The fourth-order valence-corrected chi connectivity index (χ4v) is 0.847. The highest BCUT2D eigenvalue weighted by Gasteiger charge is 2.21. The minimum absolute atomic E-state index is 0.557. The number of nitro groups is 1. The van der Waals surface area contributed by atoms with E-state index in [9.17, 15) is 23.7 Å². The van der Waals surface area contributed by atoms with E-state index in [2.05, 4.69) is 0 Å². The Hall–Kier alpha value is -1.99. The van der Waals surface area contributed by atoms with Crippen molar-refractivity contribution in [3.8, 4) is 0 Å². The summed E-state index contributed by atoms with van der Waals surface area (Å²) in [6.07, 6.45) is -3.05. The number of nitrogens with one attached hydrogen (secondary N) is 1. The molecule has 0 amide bonds. The number of rotatable bonds is 2. The summed E-state index contributed by atoms with van der Waals surface area (Å²) in [6, 6.07) is 0.557. The Morgan fingerprint density at radius 1 is 1.57 bits per heavy atom. The van der Waals surface area contributed by atoms with Gasteiger partial charge in [-0.2, -0.15) is 0 Å². The number of nitrogens with zero attached hydrogens (tertiary/aromatic N) is 1. The zero-order valence-electron chi connectivity index (χ0n) is 6.66. The van der Waals surface area contributed by atoms with Crippen molar-refractivity contribution in [2.75, 3.05) is 5.73 Å². The number of nitrogens with two attached hydrogens (primary N) is 1. The van der Waals surface area contributed by atoms with E-state index in [0.717, 1.165) is 0 Å². The minimum Gasteiger partial charge on any atom is -0.392 e. The number of halogens is 2. The zero-order valence-corrected chi connectivity index (χ0v) is 6.66. The van der Waals surface area contributed by atoms with Gasteiger partial charge in [0, 0.05) is 0 Å². The van der Waals surface area contributed by atoms with Gasteiger partial charge in [0.05, 0.1) is 6.07 Å². The van der Waals surface area contributed by atoms with Crippen LogP contribution in [-0.4, -0.2) is 9.91 Å². The first-order valence-corrected chi connectivity index (χ1v) is 3.38. The van der Waals surface area contributed by atoms with Crippen LogP contribution in [-0.2, 0) is 0 Å². The molecule has 0 atom stereocenters. The Labute approximate surface area is 75.5 Å². The molecule has 6 nitrogen and oxygen atoms in total. The summed E-state index contributed by atoms with van der Waals surface area (Å²) in [6.45, 7) is 0. The van der Waals surface area contributed by atoms with Gasteiger partial charge >= 0.3 is 12.2 Å². The largest absolute Gasteiger partial charge is 0.392 e. The highest BCUT2D eigenvalue weighted by atomic mass is 19.3. The van der Waals surface area contributed by atoms with Gasteiger partial charge in [-0.3, -0.25) is 4.79 Å². The highest BCUT2D eigenvalue weighted by molar-refractivity contribution is 5.46. The molecule has 8 heteroatoms. The first-order chi connectivity index (χ1) is 6.43. The van der Waals surface area contributed by atoms with Crippen LogP contribution >= 0.6 is 0 Å². The molecular weight excluding hydrogens is 200 g/mol. The molecule has 0 saturated heterocycles. The normalized spacial score (nSPS) is 10.5. The number of H-pyrrole nitrogens is 1. The molecule has 0 aliphatic heterocycles. The molecule has 0 aliphatic rings. The topological polar surface area (TPSA) is 102 Å². The maximum atomic E-state index is 12.2. The van der Waals surface area contributed by atoms with Crippen LogP contribution in [0.3, 0.4) is 0 Å². The second-order valence-electron chi connectivity index (χ2n) is 2.40. The molecule has 0 bridgehead atoms. The summed E-state index contributed by atoms with van der Waals surface area (Å²) in [7, 11) is 0. The Morgan fingerprint density at radius 3 is 2.57 bits per heavy atom. The maximum absolute atomic E-state index is 12.2.